The average molecular weight is 361 g/mol. The summed E-state index contributed by atoms with van der Waals surface area (Å²) < 4.78 is 0. The zero-order valence-electron chi connectivity index (χ0n) is 16.6. The highest BCUT2D eigenvalue weighted by Crippen LogP contribution is 2.17. The lowest BCUT2D eigenvalue weighted by Crippen LogP contribution is -2.13. The summed E-state index contributed by atoms with van der Waals surface area (Å²) in [4.78, 5) is 24.0. The SMILES string of the molecule is CCCCCCCC(=O)Nc1cccc(NC(=O)CCCCCCC)c1. The quantitative estimate of drug-likeness (QED) is 0.383. The Hall–Kier alpha value is -1.84. The van der Waals surface area contributed by atoms with Gasteiger partial charge in [-0.25, -0.2) is 0 Å². The summed E-state index contributed by atoms with van der Waals surface area (Å²) in [6.07, 6.45) is 12.5. The highest BCUT2D eigenvalue weighted by Gasteiger charge is 2.05. The van der Waals surface area contributed by atoms with Crippen LogP contribution in [0.3, 0.4) is 0 Å². The Labute approximate surface area is 159 Å². The number of rotatable bonds is 14. The molecule has 0 aliphatic carbocycles. The summed E-state index contributed by atoms with van der Waals surface area (Å²) in [5.41, 5.74) is 1.48. The van der Waals surface area contributed by atoms with Crippen LogP contribution in [-0.4, -0.2) is 11.8 Å². The van der Waals surface area contributed by atoms with Crippen molar-refractivity contribution >= 4 is 23.2 Å². The van der Waals surface area contributed by atoms with Gasteiger partial charge in [-0.05, 0) is 31.0 Å². The number of anilines is 2. The highest BCUT2D eigenvalue weighted by molar-refractivity contribution is 5.94. The second-order valence-corrected chi connectivity index (χ2v) is 7.01. The van der Waals surface area contributed by atoms with Gasteiger partial charge in [0.15, 0.2) is 0 Å². The molecule has 0 heterocycles. The van der Waals surface area contributed by atoms with E-state index in [-0.39, 0.29) is 11.8 Å². The zero-order valence-corrected chi connectivity index (χ0v) is 16.6. The predicted molar refractivity (Wildman–Crippen MR) is 110 cm³/mol. The van der Waals surface area contributed by atoms with Crippen LogP contribution in [0.4, 0.5) is 11.4 Å². The maximum atomic E-state index is 12.0. The fraction of sp³-hybridized carbons (Fsp3) is 0.636. The van der Waals surface area contributed by atoms with Gasteiger partial charge in [-0.3, -0.25) is 9.59 Å². The van der Waals surface area contributed by atoms with Crippen molar-refractivity contribution < 1.29 is 9.59 Å². The predicted octanol–water partition coefficient (Wildman–Crippen LogP) is 6.28. The number of amides is 2. The van der Waals surface area contributed by atoms with Crippen LogP contribution in [0.2, 0.25) is 0 Å². The summed E-state index contributed by atoms with van der Waals surface area (Å²) in [5, 5.41) is 5.85. The average Bonchev–Trinajstić information content (AvgIpc) is 2.61. The molecule has 0 spiro atoms. The Bertz CT molecular complexity index is 485. The molecule has 1 aromatic carbocycles. The molecule has 0 atom stereocenters. The summed E-state index contributed by atoms with van der Waals surface area (Å²) in [7, 11) is 0. The van der Waals surface area contributed by atoms with Crippen molar-refractivity contribution in [2.24, 2.45) is 0 Å². The molecule has 2 N–H and O–H groups in total. The van der Waals surface area contributed by atoms with Gasteiger partial charge < -0.3 is 10.6 Å². The van der Waals surface area contributed by atoms with Crippen LogP contribution in [0, 0.1) is 0 Å². The summed E-state index contributed by atoms with van der Waals surface area (Å²) in [6, 6.07) is 7.39. The third-order valence-electron chi connectivity index (χ3n) is 4.44. The van der Waals surface area contributed by atoms with Crippen LogP contribution in [0.5, 0.6) is 0 Å². The highest BCUT2D eigenvalue weighted by atomic mass is 16.2. The third kappa shape index (κ3) is 10.9. The molecule has 0 radical (unpaired) electrons. The van der Waals surface area contributed by atoms with Gasteiger partial charge in [-0.15, -0.1) is 0 Å². The van der Waals surface area contributed by atoms with Gasteiger partial charge in [0.2, 0.25) is 11.8 Å². The van der Waals surface area contributed by atoms with E-state index in [0.717, 1.165) is 37.1 Å². The zero-order chi connectivity index (χ0) is 19.0. The molecule has 1 aromatic rings. The van der Waals surface area contributed by atoms with E-state index in [1.807, 2.05) is 24.3 Å². The van der Waals surface area contributed by atoms with E-state index in [4.69, 9.17) is 0 Å². The van der Waals surface area contributed by atoms with Crippen molar-refractivity contribution in [1.29, 1.82) is 0 Å². The van der Waals surface area contributed by atoms with Crippen molar-refractivity contribution in [2.75, 3.05) is 10.6 Å². The Balaban J connectivity index is 2.30. The van der Waals surface area contributed by atoms with Gasteiger partial charge >= 0.3 is 0 Å². The van der Waals surface area contributed by atoms with Gasteiger partial charge in [0, 0.05) is 24.2 Å². The molecular weight excluding hydrogens is 324 g/mol. The summed E-state index contributed by atoms with van der Waals surface area (Å²) >= 11 is 0. The van der Waals surface area contributed by atoms with Gasteiger partial charge in [0.05, 0.1) is 0 Å². The fourth-order valence-electron chi connectivity index (χ4n) is 2.90. The maximum absolute atomic E-state index is 12.0. The first-order valence-electron chi connectivity index (χ1n) is 10.4. The second kappa shape index (κ2) is 14.3. The van der Waals surface area contributed by atoms with E-state index in [9.17, 15) is 9.59 Å². The van der Waals surface area contributed by atoms with Crippen LogP contribution < -0.4 is 10.6 Å². The van der Waals surface area contributed by atoms with Gasteiger partial charge in [-0.1, -0.05) is 71.3 Å². The molecule has 0 saturated heterocycles. The largest absolute Gasteiger partial charge is 0.326 e. The molecule has 4 heteroatoms. The van der Waals surface area contributed by atoms with Gasteiger partial charge in [-0.2, -0.15) is 0 Å². The van der Waals surface area contributed by atoms with Crippen LogP contribution in [0.25, 0.3) is 0 Å². The van der Waals surface area contributed by atoms with Crippen molar-refractivity contribution in [3.8, 4) is 0 Å². The van der Waals surface area contributed by atoms with Crippen LogP contribution in [0.15, 0.2) is 24.3 Å². The monoisotopic (exact) mass is 360 g/mol. The maximum Gasteiger partial charge on any atom is 0.224 e. The van der Waals surface area contributed by atoms with Crippen molar-refractivity contribution in [2.45, 2.75) is 90.9 Å². The number of unbranched alkanes of at least 4 members (excludes halogenated alkanes) is 8. The first kappa shape index (κ1) is 22.2. The first-order chi connectivity index (χ1) is 12.7. The number of hydrogen-bond donors (Lipinski definition) is 2. The molecule has 2 amide bonds. The number of hydrogen-bond acceptors (Lipinski definition) is 2. The van der Waals surface area contributed by atoms with Crippen molar-refractivity contribution in [3.05, 3.63) is 24.3 Å². The second-order valence-electron chi connectivity index (χ2n) is 7.01. The lowest BCUT2D eigenvalue weighted by molar-refractivity contribution is -0.117. The van der Waals surface area contributed by atoms with Crippen molar-refractivity contribution in [3.63, 3.8) is 0 Å². The standard InChI is InChI=1S/C22H36N2O2/c1-3-5-7-9-11-16-21(25)23-19-14-13-15-20(18-19)24-22(26)17-12-10-8-6-4-2/h13-15,18H,3-12,16-17H2,1-2H3,(H,23,25)(H,24,26). The Morgan fingerprint density at radius 2 is 1.12 bits per heavy atom. The van der Waals surface area contributed by atoms with E-state index in [1.165, 1.54) is 38.5 Å². The molecule has 0 fully saturated rings. The lowest BCUT2D eigenvalue weighted by atomic mass is 10.1. The lowest BCUT2D eigenvalue weighted by Gasteiger charge is -2.09. The normalized spacial score (nSPS) is 10.5. The number of carbonyl (C=O) groups excluding carboxylic acids is 2. The molecule has 0 unspecified atom stereocenters. The minimum atomic E-state index is 0.0425. The third-order valence-corrected chi connectivity index (χ3v) is 4.44. The van der Waals surface area contributed by atoms with Crippen LogP contribution in [-0.2, 0) is 9.59 Å². The van der Waals surface area contributed by atoms with Gasteiger partial charge in [0.1, 0.15) is 0 Å². The summed E-state index contributed by atoms with van der Waals surface area (Å²) in [6.45, 7) is 4.37. The molecule has 0 saturated carbocycles. The number of carbonyl (C=O) groups is 2. The first-order valence-corrected chi connectivity index (χ1v) is 10.4. The number of benzene rings is 1. The van der Waals surface area contributed by atoms with Crippen LogP contribution in [0.1, 0.15) is 90.9 Å². The Morgan fingerprint density at radius 3 is 1.54 bits per heavy atom. The molecule has 0 aliphatic rings. The molecule has 1 rings (SSSR count). The Morgan fingerprint density at radius 1 is 0.692 bits per heavy atom. The molecule has 26 heavy (non-hydrogen) atoms. The Kier molecular flexibility index (Phi) is 12.2. The molecule has 146 valence electrons. The smallest absolute Gasteiger partial charge is 0.224 e. The molecule has 0 bridgehead atoms. The van der Waals surface area contributed by atoms with Crippen molar-refractivity contribution in [1.82, 2.24) is 0 Å². The summed E-state index contributed by atoms with van der Waals surface area (Å²) in [5.74, 6) is 0.0850. The molecule has 0 aromatic heterocycles. The molecule has 4 nitrogen and oxygen atoms in total. The minimum absolute atomic E-state index is 0.0425. The van der Waals surface area contributed by atoms with Gasteiger partial charge in [0.25, 0.3) is 0 Å². The van der Waals surface area contributed by atoms with E-state index in [1.54, 1.807) is 0 Å². The number of nitrogens with one attached hydrogen (secondary N) is 2. The van der Waals surface area contributed by atoms with E-state index >= 15 is 0 Å². The van der Waals surface area contributed by atoms with E-state index in [0.29, 0.717) is 12.8 Å². The van der Waals surface area contributed by atoms with Crippen LogP contribution >= 0.6 is 0 Å². The van der Waals surface area contributed by atoms with E-state index in [2.05, 4.69) is 24.5 Å². The topological polar surface area (TPSA) is 58.2 Å². The molecular formula is C22H36N2O2. The van der Waals surface area contributed by atoms with E-state index < -0.39 is 0 Å². The molecule has 0 aliphatic heterocycles. The minimum Gasteiger partial charge on any atom is -0.326 e. The fourth-order valence-corrected chi connectivity index (χ4v) is 2.90.